The Morgan fingerprint density at radius 1 is 0.950 bits per heavy atom. The van der Waals surface area contributed by atoms with Gasteiger partial charge in [0.15, 0.2) is 27.8 Å². The van der Waals surface area contributed by atoms with Gasteiger partial charge < -0.3 is 18.9 Å². The first-order chi connectivity index (χ1) is 19.6. The molecule has 0 amide bonds. The quantitative estimate of drug-likeness (QED) is 0.330. The summed E-state index contributed by atoms with van der Waals surface area (Å²) in [5.41, 5.74) is 6.04. The number of thiazole rings is 1. The summed E-state index contributed by atoms with van der Waals surface area (Å²) in [6, 6.07) is 19.5. The molecule has 0 saturated carbocycles. The molecular formula is C32H30N2O5S. The van der Waals surface area contributed by atoms with Crippen molar-refractivity contribution < 1.29 is 18.9 Å². The van der Waals surface area contributed by atoms with Crippen LogP contribution in [0.2, 0.25) is 0 Å². The molecule has 8 heteroatoms. The van der Waals surface area contributed by atoms with E-state index in [1.165, 1.54) is 16.9 Å². The fourth-order valence-electron chi connectivity index (χ4n) is 5.63. The van der Waals surface area contributed by atoms with E-state index in [2.05, 4.69) is 18.2 Å². The Hall–Kier alpha value is -4.30. The van der Waals surface area contributed by atoms with E-state index < -0.39 is 0 Å². The fraction of sp³-hybridized carbons (Fsp3) is 0.250. The van der Waals surface area contributed by atoms with Gasteiger partial charge in [0.05, 0.1) is 44.2 Å². The molecule has 0 radical (unpaired) electrons. The Labute approximate surface area is 236 Å². The van der Waals surface area contributed by atoms with Crippen LogP contribution in [0.5, 0.6) is 23.0 Å². The van der Waals surface area contributed by atoms with Crippen molar-refractivity contribution in [3.8, 4) is 23.0 Å². The number of methoxy groups -OCH3 is 3. The largest absolute Gasteiger partial charge is 0.493 e. The zero-order valence-corrected chi connectivity index (χ0v) is 23.7. The van der Waals surface area contributed by atoms with Gasteiger partial charge in [-0.05, 0) is 60.7 Å². The van der Waals surface area contributed by atoms with Crippen molar-refractivity contribution in [3.05, 3.63) is 108 Å². The van der Waals surface area contributed by atoms with Gasteiger partial charge in [-0.2, -0.15) is 0 Å². The Morgan fingerprint density at radius 2 is 1.77 bits per heavy atom. The van der Waals surface area contributed by atoms with E-state index in [4.69, 9.17) is 23.9 Å². The molecule has 204 valence electrons. The van der Waals surface area contributed by atoms with Crippen molar-refractivity contribution in [3.63, 3.8) is 0 Å². The molecule has 2 aliphatic rings. The van der Waals surface area contributed by atoms with Gasteiger partial charge in [-0.15, -0.1) is 0 Å². The van der Waals surface area contributed by atoms with Crippen LogP contribution in [-0.2, 0) is 6.42 Å². The lowest BCUT2D eigenvalue weighted by atomic mass is 9.83. The molecule has 1 aromatic heterocycles. The van der Waals surface area contributed by atoms with Crippen molar-refractivity contribution >= 4 is 23.1 Å². The molecule has 0 fully saturated rings. The minimum atomic E-state index is -0.373. The number of hydrogen-bond donors (Lipinski definition) is 0. The number of benzene rings is 3. The Bertz CT molecular complexity index is 1820. The Balaban J connectivity index is 1.61. The third kappa shape index (κ3) is 4.29. The Morgan fingerprint density at radius 3 is 2.55 bits per heavy atom. The fourth-order valence-corrected chi connectivity index (χ4v) is 6.63. The number of hydrogen-bond acceptors (Lipinski definition) is 7. The number of allylic oxidation sites excluding steroid dienone is 1. The van der Waals surface area contributed by atoms with Crippen molar-refractivity contribution in [1.29, 1.82) is 0 Å². The van der Waals surface area contributed by atoms with Gasteiger partial charge in [0.1, 0.15) is 0 Å². The first-order valence-electron chi connectivity index (χ1n) is 13.2. The maximum atomic E-state index is 14.1. The van der Waals surface area contributed by atoms with Gasteiger partial charge in [-0.1, -0.05) is 53.8 Å². The van der Waals surface area contributed by atoms with Gasteiger partial charge in [0, 0.05) is 11.1 Å². The number of rotatable bonds is 7. The predicted molar refractivity (Wildman–Crippen MR) is 156 cm³/mol. The van der Waals surface area contributed by atoms with E-state index in [-0.39, 0.29) is 11.6 Å². The second-order valence-corrected chi connectivity index (χ2v) is 10.5. The highest BCUT2D eigenvalue weighted by molar-refractivity contribution is 7.07. The van der Waals surface area contributed by atoms with E-state index >= 15 is 0 Å². The van der Waals surface area contributed by atoms with Crippen LogP contribution in [0.15, 0.2) is 76.0 Å². The van der Waals surface area contributed by atoms with Crippen molar-refractivity contribution in [2.45, 2.75) is 25.8 Å². The summed E-state index contributed by atoms with van der Waals surface area (Å²) < 4.78 is 25.1. The van der Waals surface area contributed by atoms with Gasteiger partial charge in [0.25, 0.3) is 5.56 Å². The van der Waals surface area contributed by atoms with Crippen LogP contribution in [-0.4, -0.2) is 32.5 Å². The molecule has 40 heavy (non-hydrogen) atoms. The van der Waals surface area contributed by atoms with Crippen molar-refractivity contribution in [2.75, 3.05) is 27.9 Å². The Kier molecular flexibility index (Phi) is 6.94. The second kappa shape index (κ2) is 10.7. The summed E-state index contributed by atoms with van der Waals surface area (Å²) in [5.74, 6) is 2.53. The lowest BCUT2D eigenvalue weighted by Crippen LogP contribution is -2.39. The molecule has 0 saturated heterocycles. The van der Waals surface area contributed by atoms with Gasteiger partial charge in [-0.3, -0.25) is 9.36 Å². The van der Waals surface area contributed by atoms with E-state index in [1.807, 2.05) is 60.0 Å². The number of nitrogens with zero attached hydrogens (tertiary/aromatic N) is 2. The maximum Gasteiger partial charge on any atom is 0.271 e. The summed E-state index contributed by atoms with van der Waals surface area (Å²) in [6.45, 7) is 2.44. The molecule has 1 unspecified atom stereocenters. The van der Waals surface area contributed by atoms with Crippen LogP contribution in [0.25, 0.3) is 11.8 Å². The molecule has 4 aromatic rings. The normalized spacial score (nSPS) is 16.0. The van der Waals surface area contributed by atoms with E-state index in [9.17, 15) is 4.79 Å². The van der Waals surface area contributed by atoms with Crippen LogP contribution in [0, 0.1) is 0 Å². The van der Waals surface area contributed by atoms with Gasteiger partial charge >= 0.3 is 0 Å². The highest BCUT2D eigenvalue weighted by Gasteiger charge is 2.34. The molecule has 0 bridgehead atoms. The molecule has 0 N–H and O–H groups in total. The number of fused-ring (bicyclic) bond motifs is 3. The summed E-state index contributed by atoms with van der Waals surface area (Å²) >= 11 is 1.39. The third-order valence-electron chi connectivity index (χ3n) is 7.39. The van der Waals surface area contributed by atoms with E-state index in [0.29, 0.717) is 38.9 Å². The minimum Gasteiger partial charge on any atom is -0.493 e. The third-order valence-corrected chi connectivity index (χ3v) is 8.37. The van der Waals surface area contributed by atoms with Crippen LogP contribution < -0.4 is 33.8 Å². The van der Waals surface area contributed by atoms with Gasteiger partial charge in [0.2, 0.25) is 0 Å². The highest BCUT2D eigenvalue weighted by atomic mass is 32.1. The molecule has 3 aromatic carbocycles. The maximum absolute atomic E-state index is 14.1. The zero-order valence-electron chi connectivity index (χ0n) is 22.9. The summed E-state index contributed by atoms with van der Waals surface area (Å²) in [5, 5.41) is 0. The average Bonchev–Trinajstić information content (AvgIpc) is 3.29. The first-order valence-corrected chi connectivity index (χ1v) is 14.0. The lowest BCUT2D eigenvalue weighted by Gasteiger charge is -2.31. The second-order valence-electron chi connectivity index (χ2n) is 9.54. The molecule has 1 aliphatic heterocycles. The molecule has 1 atom stereocenters. The number of aromatic nitrogens is 1. The summed E-state index contributed by atoms with van der Waals surface area (Å²) in [4.78, 5) is 19.9. The molecular weight excluding hydrogens is 524 g/mol. The summed E-state index contributed by atoms with van der Waals surface area (Å²) in [7, 11) is 4.87. The zero-order chi connectivity index (χ0) is 27.8. The smallest absolute Gasteiger partial charge is 0.271 e. The first kappa shape index (κ1) is 26.0. The molecule has 0 spiro atoms. The molecule has 6 rings (SSSR count). The number of ether oxygens (including phenoxy) is 4. The topological polar surface area (TPSA) is 71.3 Å². The molecule has 7 nitrogen and oxygen atoms in total. The lowest BCUT2D eigenvalue weighted by molar-refractivity contribution is 0.311. The standard InChI is InChI=1S/C32H30N2O5S/c1-5-39-26-17-19(13-16-24(26)36-2)18-27-31(35)34-29(23-11-8-12-25(37-3)30(23)38-4)22-15-14-20-9-6-7-10-21(20)28(22)33-32(34)40-27/h6-13,16-18,29H,5,14-15H2,1-4H3. The van der Waals surface area contributed by atoms with Crippen LogP contribution >= 0.6 is 11.3 Å². The van der Waals surface area contributed by atoms with E-state index in [1.54, 1.807) is 21.3 Å². The van der Waals surface area contributed by atoms with Crippen molar-refractivity contribution in [2.24, 2.45) is 4.99 Å². The van der Waals surface area contributed by atoms with Gasteiger partial charge in [-0.25, -0.2) is 4.99 Å². The average molecular weight is 555 g/mol. The predicted octanol–water partition coefficient (Wildman–Crippen LogP) is 4.74. The van der Waals surface area contributed by atoms with Crippen LogP contribution in [0.1, 0.15) is 41.6 Å². The number of aryl methyl sites for hydroxylation is 1. The SMILES string of the molecule is CCOc1cc(C=c2sc3n(c2=O)C(c2cccc(OC)c2OC)C2=C(N=3)c3ccccc3CC2)ccc1OC. The van der Waals surface area contributed by atoms with E-state index in [0.717, 1.165) is 40.8 Å². The summed E-state index contributed by atoms with van der Waals surface area (Å²) in [6.07, 6.45) is 3.56. The highest BCUT2D eigenvalue weighted by Crippen LogP contribution is 2.45. The van der Waals surface area contributed by atoms with Crippen LogP contribution in [0.4, 0.5) is 0 Å². The monoisotopic (exact) mass is 554 g/mol. The molecule has 2 heterocycles. The molecule has 1 aliphatic carbocycles. The van der Waals surface area contributed by atoms with Crippen molar-refractivity contribution in [1.82, 2.24) is 4.57 Å². The van der Waals surface area contributed by atoms with Crippen LogP contribution in [0.3, 0.4) is 0 Å². The minimum absolute atomic E-state index is 0.0993. The number of para-hydroxylation sites is 1.